The minimum Gasteiger partial charge on any atom is -0.492 e. The number of aryl methyl sites for hydroxylation is 2. The summed E-state index contributed by atoms with van der Waals surface area (Å²) < 4.78 is 5.76. The number of rotatable bonds is 5. The Balaban J connectivity index is 1.36. The zero-order chi connectivity index (χ0) is 16.1. The monoisotopic (exact) mass is 317 g/mol. The molecule has 0 bridgehead atoms. The molecule has 1 fully saturated rings. The fourth-order valence-corrected chi connectivity index (χ4v) is 3.34. The molecule has 1 N–H and O–H groups in total. The minimum atomic E-state index is 0.0262. The number of carbonyl (C=O) groups excluding carboxylic acids is 1. The lowest BCUT2D eigenvalue weighted by molar-refractivity contribution is 0.142. The van der Waals surface area contributed by atoms with Crippen molar-refractivity contribution in [3.05, 3.63) is 29.3 Å². The van der Waals surface area contributed by atoms with Crippen LogP contribution in [-0.2, 0) is 12.8 Å². The zero-order valence-electron chi connectivity index (χ0n) is 14.0. The van der Waals surface area contributed by atoms with E-state index in [1.165, 1.54) is 24.0 Å². The van der Waals surface area contributed by atoms with E-state index in [0.717, 1.165) is 44.9 Å². The molecule has 1 aliphatic carbocycles. The van der Waals surface area contributed by atoms with Crippen LogP contribution in [-0.4, -0.2) is 61.7 Å². The normalized spacial score (nSPS) is 17.9. The summed E-state index contributed by atoms with van der Waals surface area (Å²) in [5.74, 6) is 0.913. The smallest absolute Gasteiger partial charge is 0.317 e. The molecule has 1 aromatic carbocycles. The van der Waals surface area contributed by atoms with Crippen LogP contribution in [0.15, 0.2) is 18.2 Å². The van der Waals surface area contributed by atoms with E-state index in [-0.39, 0.29) is 6.03 Å². The quantitative estimate of drug-likeness (QED) is 0.844. The van der Waals surface area contributed by atoms with Crippen molar-refractivity contribution < 1.29 is 9.53 Å². The Morgan fingerprint density at radius 3 is 2.74 bits per heavy atom. The second-order valence-corrected chi connectivity index (χ2v) is 6.29. The van der Waals surface area contributed by atoms with E-state index in [9.17, 15) is 4.79 Å². The molecule has 2 aliphatic rings. The van der Waals surface area contributed by atoms with Gasteiger partial charge in [-0.15, -0.1) is 0 Å². The Bertz CT molecular complexity index is 539. The van der Waals surface area contributed by atoms with E-state index in [1.807, 2.05) is 11.0 Å². The van der Waals surface area contributed by atoms with Crippen LogP contribution >= 0.6 is 0 Å². The molecule has 2 amide bonds. The fraction of sp³-hybridized carbons (Fsp3) is 0.611. The van der Waals surface area contributed by atoms with Gasteiger partial charge in [-0.1, -0.05) is 13.0 Å². The number of hydrogen-bond acceptors (Lipinski definition) is 3. The van der Waals surface area contributed by atoms with Crippen molar-refractivity contribution in [2.75, 3.05) is 45.9 Å². The van der Waals surface area contributed by atoms with E-state index in [2.05, 4.69) is 29.3 Å². The van der Waals surface area contributed by atoms with Crippen molar-refractivity contribution in [3.63, 3.8) is 0 Å². The van der Waals surface area contributed by atoms with Crippen molar-refractivity contribution in [3.8, 4) is 5.75 Å². The summed E-state index contributed by atoms with van der Waals surface area (Å²) in [5, 5.41) is 2.95. The number of carbonyl (C=O) groups is 1. The molecule has 5 nitrogen and oxygen atoms in total. The van der Waals surface area contributed by atoms with Crippen LogP contribution in [0.25, 0.3) is 0 Å². The minimum absolute atomic E-state index is 0.0262. The first-order valence-corrected chi connectivity index (χ1v) is 8.76. The topological polar surface area (TPSA) is 44.8 Å². The molecule has 0 spiro atoms. The zero-order valence-corrected chi connectivity index (χ0v) is 14.0. The second-order valence-electron chi connectivity index (χ2n) is 6.29. The van der Waals surface area contributed by atoms with E-state index >= 15 is 0 Å². The summed E-state index contributed by atoms with van der Waals surface area (Å²) >= 11 is 0. The first-order chi connectivity index (χ1) is 11.3. The largest absolute Gasteiger partial charge is 0.492 e. The molecular weight excluding hydrogens is 290 g/mol. The maximum absolute atomic E-state index is 12.1. The third kappa shape index (κ3) is 4.16. The number of amides is 2. The lowest BCUT2D eigenvalue weighted by Crippen LogP contribution is -2.52. The van der Waals surface area contributed by atoms with Gasteiger partial charge in [-0.25, -0.2) is 4.79 Å². The molecule has 1 aliphatic heterocycles. The fourth-order valence-electron chi connectivity index (χ4n) is 3.34. The van der Waals surface area contributed by atoms with Gasteiger partial charge in [-0.3, -0.25) is 0 Å². The molecule has 0 radical (unpaired) electrons. The standard InChI is InChI=1S/C18H27N3O2/c1-2-20-9-11-21(12-10-20)18(22)19-8-13-23-17-7-6-15-4-3-5-16(15)14-17/h6-7,14H,2-5,8-13H2,1H3,(H,19,22). The van der Waals surface area contributed by atoms with Crippen molar-refractivity contribution >= 4 is 6.03 Å². The number of urea groups is 1. The summed E-state index contributed by atoms with van der Waals surface area (Å²) in [6.45, 7) is 7.83. The lowest BCUT2D eigenvalue weighted by atomic mass is 10.1. The van der Waals surface area contributed by atoms with Crippen LogP contribution in [0.2, 0.25) is 0 Å². The Kier molecular flexibility index (Phi) is 5.39. The third-order valence-electron chi connectivity index (χ3n) is 4.82. The van der Waals surface area contributed by atoms with E-state index in [0.29, 0.717) is 13.2 Å². The summed E-state index contributed by atoms with van der Waals surface area (Å²) in [6.07, 6.45) is 3.60. The van der Waals surface area contributed by atoms with E-state index < -0.39 is 0 Å². The van der Waals surface area contributed by atoms with Gasteiger partial charge in [0.25, 0.3) is 0 Å². The second kappa shape index (κ2) is 7.68. The van der Waals surface area contributed by atoms with Crippen LogP contribution < -0.4 is 10.1 Å². The molecule has 0 atom stereocenters. The molecule has 5 heteroatoms. The summed E-state index contributed by atoms with van der Waals surface area (Å²) in [5.41, 5.74) is 2.87. The molecule has 126 valence electrons. The molecule has 0 saturated carbocycles. The maximum Gasteiger partial charge on any atom is 0.317 e. The molecule has 1 aromatic rings. The molecule has 1 saturated heterocycles. The summed E-state index contributed by atoms with van der Waals surface area (Å²) in [7, 11) is 0. The van der Waals surface area contributed by atoms with Crippen LogP contribution in [0.5, 0.6) is 5.75 Å². The van der Waals surface area contributed by atoms with Gasteiger partial charge in [0.15, 0.2) is 0 Å². The van der Waals surface area contributed by atoms with Gasteiger partial charge in [0.05, 0.1) is 6.54 Å². The van der Waals surface area contributed by atoms with Crippen molar-refractivity contribution in [1.82, 2.24) is 15.1 Å². The highest BCUT2D eigenvalue weighted by atomic mass is 16.5. The number of ether oxygens (including phenoxy) is 1. The molecule has 1 heterocycles. The highest BCUT2D eigenvalue weighted by Crippen LogP contribution is 2.25. The highest BCUT2D eigenvalue weighted by molar-refractivity contribution is 5.74. The SMILES string of the molecule is CCN1CCN(C(=O)NCCOc2ccc3c(c2)CCC3)CC1. The number of fused-ring (bicyclic) bond motifs is 1. The first kappa shape index (κ1) is 16.1. The number of hydrogen-bond donors (Lipinski definition) is 1. The summed E-state index contributed by atoms with van der Waals surface area (Å²) in [4.78, 5) is 16.4. The molecule has 0 aromatic heterocycles. The Morgan fingerprint density at radius 1 is 1.17 bits per heavy atom. The molecular formula is C18H27N3O2. The van der Waals surface area contributed by atoms with Crippen LogP contribution in [0.4, 0.5) is 4.79 Å². The molecule has 3 rings (SSSR count). The number of likely N-dealkylation sites (N-methyl/N-ethyl adjacent to an activating group) is 1. The van der Waals surface area contributed by atoms with Gasteiger partial charge in [0.2, 0.25) is 0 Å². The maximum atomic E-state index is 12.1. The third-order valence-corrected chi connectivity index (χ3v) is 4.82. The summed E-state index contributed by atoms with van der Waals surface area (Å²) in [6, 6.07) is 6.38. The van der Waals surface area contributed by atoms with Crippen LogP contribution in [0.1, 0.15) is 24.5 Å². The van der Waals surface area contributed by atoms with Crippen LogP contribution in [0, 0.1) is 0 Å². The van der Waals surface area contributed by atoms with Gasteiger partial charge >= 0.3 is 6.03 Å². The van der Waals surface area contributed by atoms with Crippen molar-refractivity contribution in [2.45, 2.75) is 26.2 Å². The predicted octanol–water partition coefficient (Wildman–Crippen LogP) is 1.90. The first-order valence-electron chi connectivity index (χ1n) is 8.76. The Labute approximate surface area is 138 Å². The van der Waals surface area contributed by atoms with Gasteiger partial charge in [0, 0.05) is 26.2 Å². The lowest BCUT2D eigenvalue weighted by Gasteiger charge is -2.33. The predicted molar refractivity (Wildman–Crippen MR) is 91.0 cm³/mol. The Morgan fingerprint density at radius 2 is 1.96 bits per heavy atom. The van der Waals surface area contributed by atoms with Crippen LogP contribution in [0.3, 0.4) is 0 Å². The van der Waals surface area contributed by atoms with E-state index in [4.69, 9.17) is 4.74 Å². The van der Waals surface area contributed by atoms with Gasteiger partial charge in [0.1, 0.15) is 12.4 Å². The Hall–Kier alpha value is -1.75. The molecule has 23 heavy (non-hydrogen) atoms. The average Bonchev–Trinajstić information content (AvgIpc) is 3.06. The van der Waals surface area contributed by atoms with E-state index in [1.54, 1.807) is 0 Å². The average molecular weight is 317 g/mol. The van der Waals surface area contributed by atoms with Crippen molar-refractivity contribution in [2.24, 2.45) is 0 Å². The van der Waals surface area contributed by atoms with Gasteiger partial charge in [-0.2, -0.15) is 0 Å². The van der Waals surface area contributed by atoms with Gasteiger partial charge < -0.3 is 19.9 Å². The number of piperazine rings is 1. The number of nitrogens with one attached hydrogen (secondary N) is 1. The number of nitrogens with zero attached hydrogens (tertiary/aromatic N) is 2. The highest BCUT2D eigenvalue weighted by Gasteiger charge is 2.19. The van der Waals surface area contributed by atoms with Crippen molar-refractivity contribution in [1.29, 1.82) is 0 Å². The number of benzene rings is 1. The van der Waals surface area contributed by atoms with Gasteiger partial charge in [-0.05, 0) is 49.1 Å². The molecule has 0 unspecified atom stereocenters.